The van der Waals surface area contributed by atoms with Crippen molar-refractivity contribution in [2.75, 3.05) is 0 Å². The summed E-state index contributed by atoms with van der Waals surface area (Å²) < 4.78 is 58.8. The second-order valence-electron chi connectivity index (χ2n) is 2.36. The van der Waals surface area contributed by atoms with E-state index in [1.54, 1.807) is 0 Å². The van der Waals surface area contributed by atoms with Crippen LogP contribution in [0.1, 0.15) is 0 Å². The summed E-state index contributed by atoms with van der Waals surface area (Å²) in [4.78, 5) is -0.998. The van der Waals surface area contributed by atoms with Crippen molar-refractivity contribution in [2.24, 2.45) is 0 Å². The Hall–Kier alpha value is -0.560. The third-order valence-electron chi connectivity index (χ3n) is 1.46. The van der Waals surface area contributed by atoms with Gasteiger partial charge in [-0.1, -0.05) is 6.07 Å². The van der Waals surface area contributed by atoms with Gasteiger partial charge in [-0.3, -0.25) is 0 Å². The molecule has 0 aliphatic rings. The van der Waals surface area contributed by atoms with E-state index in [-0.39, 0.29) is 4.47 Å². The fourth-order valence-electron chi connectivity index (χ4n) is 0.800. The SMILES string of the molecule is O=S(=O)(c1cccc(Br)c1F)C(F)F. The molecule has 7 heteroatoms. The van der Waals surface area contributed by atoms with E-state index in [1.165, 1.54) is 12.1 Å². The Morgan fingerprint density at radius 3 is 2.36 bits per heavy atom. The summed E-state index contributed by atoms with van der Waals surface area (Å²) >= 11 is 2.70. The lowest BCUT2D eigenvalue weighted by atomic mass is 10.3. The van der Waals surface area contributed by atoms with Crippen LogP contribution < -0.4 is 0 Å². The Kier molecular flexibility index (Phi) is 3.20. The average Bonchev–Trinajstić information content (AvgIpc) is 2.09. The van der Waals surface area contributed by atoms with Crippen LogP contribution in [0.2, 0.25) is 0 Å². The summed E-state index contributed by atoms with van der Waals surface area (Å²) in [6.07, 6.45) is 0. The smallest absolute Gasteiger partial charge is 0.218 e. The van der Waals surface area contributed by atoms with Crippen molar-refractivity contribution in [3.8, 4) is 0 Å². The molecule has 0 N–H and O–H groups in total. The fourth-order valence-corrected chi connectivity index (χ4v) is 2.12. The molecule has 1 rings (SSSR count). The quantitative estimate of drug-likeness (QED) is 0.838. The zero-order valence-corrected chi connectivity index (χ0v) is 8.95. The minimum atomic E-state index is -4.87. The number of hydrogen-bond acceptors (Lipinski definition) is 2. The molecular formula is C7H4BrF3O2S. The van der Waals surface area contributed by atoms with Crippen LogP contribution in [0.4, 0.5) is 13.2 Å². The number of benzene rings is 1. The predicted molar refractivity (Wildman–Crippen MR) is 47.3 cm³/mol. The van der Waals surface area contributed by atoms with E-state index in [4.69, 9.17) is 0 Å². The molecule has 14 heavy (non-hydrogen) atoms. The summed E-state index contributed by atoms with van der Waals surface area (Å²) in [7, 11) is -4.87. The van der Waals surface area contributed by atoms with Gasteiger partial charge < -0.3 is 0 Å². The highest BCUT2D eigenvalue weighted by atomic mass is 79.9. The predicted octanol–water partition coefficient (Wildman–Crippen LogP) is 2.58. The Bertz CT molecular complexity index is 444. The van der Waals surface area contributed by atoms with Gasteiger partial charge in [-0.05, 0) is 28.1 Å². The van der Waals surface area contributed by atoms with Crippen LogP contribution in [-0.2, 0) is 9.84 Å². The first kappa shape index (κ1) is 11.5. The molecule has 0 saturated carbocycles. The van der Waals surface area contributed by atoms with E-state index < -0.39 is 26.3 Å². The van der Waals surface area contributed by atoms with Crippen LogP contribution in [-0.4, -0.2) is 14.2 Å². The number of rotatable bonds is 2. The molecular weight excluding hydrogens is 285 g/mol. The molecule has 0 unspecified atom stereocenters. The average molecular weight is 289 g/mol. The maximum atomic E-state index is 13.1. The highest BCUT2D eigenvalue weighted by molar-refractivity contribution is 9.10. The van der Waals surface area contributed by atoms with E-state index in [0.717, 1.165) is 6.07 Å². The molecule has 0 saturated heterocycles. The van der Waals surface area contributed by atoms with E-state index in [9.17, 15) is 21.6 Å². The van der Waals surface area contributed by atoms with E-state index in [1.807, 2.05) is 0 Å². The Labute approximate surface area is 86.8 Å². The van der Waals surface area contributed by atoms with Crippen LogP contribution in [0, 0.1) is 5.82 Å². The summed E-state index contributed by atoms with van der Waals surface area (Å²) in [5.41, 5.74) is 0. The molecule has 0 fully saturated rings. The largest absolute Gasteiger partial charge is 0.341 e. The molecule has 0 heterocycles. The second kappa shape index (κ2) is 3.90. The first-order valence-electron chi connectivity index (χ1n) is 3.33. The van der Waals surface area contributed by atoms with Gasteiger partial charge in [-0.2, -0.15) is 8.78 Å². The summed E-state index contributed by atoms with van der Waals surface area (Å²) in [5, 5.41) is 0. The van der Waals surface area contributed by atoms with Crippen LogP contribution in [0.5, 0.6) is 0 Å². The van der Waals surface area contributed by atoms with Gasteiger partial charge in [0.05, 0.1) is 4.47 Å². The molecule has 1 aromatic carbocycles. The zero-order valence-electron chi connectivity index (χ0n) is 6.55. The molecule has 0 atom stereocenters. The lowest BCUT2D eigenvalue weighted by Crippen LogP contribution is -2.13. The topological polar surface area (TPSA) is 34.1 Å². The summed E-state index contributed by atoms with van der Waals surface area (Å²) in [6.45, 7) is 0. The molecule has 0 bridgehead atoms. The van der Waals surface area contributed by atoms with Crippen LogP contribution in [0.3, 0.4) is 0 Å². The lowest BCUT2D eigenvalue weighted by molar-refractivity contribution is 0.234. The molecule has 0 aromatic heterocycles. The van der Waals surface area contributed by atoms with Gasteiger partial charge in [-0.25, -0.2) is 12.8 Å². The normalized spacial score (nSPS) is 12.1. The highest BCUT2D eigenvalue weighted by Gasteiger charge is 2.30. The Morgan fingerprint density at radius 1 is 1.29 bits per heavy atom. The summed E-state index contributed by atoms with van der Waals surface area (Å²) in [5.74, 6) is -4.82. The van der Waals surface area contributed by atoms with Gasteiger partial charge in [0, 0.05) is 0 Å². The van der Waals surface area contributed by atoms with E-state index in [2.05, 4.69) is 15.9 Å². The lowest BCUT2D eigenvalue weighted by Gasteiger charge is -2.04. The van der Waals surface area contributed by atoms with Crippen molar-refractivity contribution in [3.63, 3.8) is 0 Å². The van der Waals surface area contributed by atoms with Gasteiger partial charge in [0.15, 0.2) is 5.82 Å². The monoisotopic (exact) mass is 288 g/mol. The van der Waals surface area contributed by atoms with Gasteiger partial charge in [0.2, 0.25) is 9.84 Å². The maximum absolute atomic E-state index is 13.1. The Balaban J connectivity index is 3.42. The van der Waals surface area contributed by atoms with Crippen molar-refractivity contribution >= 4 is 25.8 Å². The zero-order chi connectivity index (χ0) is 10.9. The van der Waals surface area contributed by atoms with E-state index >= 15 is 0 Å². The first-order valence-corrected chi connectivity index (χ1v) is 5.67. The third-order valence-corrected chi connectivity index (χ3v) is 3.47. The fraction of sp³-hybridized carbons (Fsp3) is 0.143. The van der Waals surface area contributed by atoms with Gasteiger partial charge in [0.1, 0.15) is 4.90 Å². The van der Waals surface area contributed by atoms with Crippen molar-refractivity contribution in [2.45, 2.75) is 10.7 Å². The van der Waals surface area contributed by atoms with Gasteiger partial charge in [-0.15, -0.1) is 0 Å². The molecule has 2 nitrogen and oxygen atoms in total. The van der Waals surface area contributed by atoms with Crippen molar-refractivity contribution in [1.82, 2.24) is 0 Å². The number of sulfone groups is 1. The number of alkyl halides is 2. The van der Waals surface area contributed by atoms with Crippen molar-refractivity contribution in [3.05, 3.63) is 28.5 Å². The third kappa shape index (κ3) is 1.93. The van der Waals surface area contributed by atoms with Crippen molar-refractivity contribution < 1.29 is 21.6 Å². The highest BCUT2D eigenvalue weighted by Crippen LogP contribution is 2.26. The molecule has 0 spiro atoms. The Morgan fingerprint density at radius 2 is 1.86 bits per heavy atom. The van der Waals surface area contributed by atoms with Crippen LogP contribution in [0.15, 0.2) is 27.6 Å². The van der Waals surface area contributed by atoms with Crippen LogP contribution in [0.25, 0.3) is 0 Å². The van der Waals surface area contributed by atoms with Gasteiger partial charge in [0.25, 0.3) is 0 Å². The number of hydrogen-bond donors (Lipinski definition) is 0. The molecule has 78 valence electrons. The molecule has 0 aliphatic carbocycles. The first-order chi connectivity index (χ1) is 6.37. The molecule has 1 aromatic rings. The molecule has 0 amide bonds. The van der Waals surface area contributed by atoms with E-state index in [0.29, 0.717) is 0 Å². The maximum Gasteiger partial charge on any atom is 0.341 e. The second-order valence-corrected chi connectivity index (χ2v) is 5.10. The summed E-state index contributed by atoms with van der Waals surface area (Å²) in [6, 6.07) is 3.18. The van der Waals surface area contributed by atoms with Gasteiger partial charge >= 0.3 is 5.76 Å². The standard InChI is InChI=1S/C7H4BrF3O2S/c8-4-2-1-3-5(6(4)9)14(12,13)7(10)11/h1-3,7H. The molecule has 0 radical (unpaired) electrons. The van der Waals surface area contributed by atoms with Crippen LogP contribution >= 0.6 is 15.9 Å². The minimum absolute atomic E-state index is 0.167. The molecule has 0 aliphatic heterocycles. The number of halogens is 4. The minimum Gasteiger partial charge on any atom is -0.218 e. The van der Waals surface area contributed by atoms with Crippen molar-refractivity contribution in [1.29, 1.82) is 0 Å².